The fourth-order valence-electron chi connectivity index (χ4n) is 5.50. The molecular weight excluding hydrogens is 376 g/mol. The molecule has 0 saturated heterocycles. The second-order valence-corrected chi connectivity index (χ2v) is 9.95. The number of hydrogen-bond acceptors (Lipinski definition) is 1. The Bertz CT molecular complexity index is 772. The van der Waals surface area contributed by atoms with Crippen molar-refractivity contribution in [3.8, 4) is 0 Å². The molecule has 170 valence electrons. The molecule has 0 amide bonds. The maximum absolute atomic E-state index is 12.6. The third-order valence-electron chi connectivity index (χ3n) is 7.48. The third kappa shape index (κ3) is 8.09. The van der Waals surface area contributed by atoms with Gasteiger partial charge >= 0.3 is 0 Å². The standard InChI is InChI=1S/C30H44O/c1-2-3-4-5-6-7-8-9-10-11-15-25-20-23-30(31)28(24-25)22-21-27-18-14-17-26-16-12-13-19-29(26)27/h12-14,16-19,25,28H,2-11,15,20-24H2,1H3. The number of aryl methyl sites for hydroxylation is 1. The largest absolute Gasteiger partial charge is 0.299 e. The Hall–Kier alpha value is -1.63. The average Bonchev–Trinajstić information content (AvgIpc) is 2.80. The Balaban J connectivity index is 1.33. The van der Waals surface area contributed by atoms with Crippen LogP contribution in [0.3, 0.4) is 0 Å². The van der Waals surface area contributed by atoms with Crippen LogP contribution in [-0.2, 0) is 11.2 Å². The molecule has 1 saturated carbocycles. The molecule has 3 rings (SSSR count). The first-order valence-electron chi connectivity index (χ1n) is 13.3. The minimum absolute atomic E-state index is 0.292. The Kier molecular flexibility index (Phi) is 10.6. The number of benzene rings is 2. The zero-order valence-electron chi connectivity index (χ0n) is 19.9. The smallest absolute Gasteiger partial charge is 0.136 e. The number of carbonyl (C=O) groups excluding carboxylic acids is 1. The van der Waals surface area contributed by atoms with Crippen LogP contribution in [0.25, 0.3) is 10.8 Å². The highest BCUT2D eigenvalue weighted by Gasteiger charge is 2.28. The highest BCUT2D eigenvalue weighted by Crippen LogP contribution is 2.33. The van der Waals surface area contributed by atoms with Gasteiger partial charge in [-0.3, -0.25) is 4.79 Å². The lowest BCUT2D eigenvalue weighted by atomic mass is 9.76. The summed E-state index contributed by atoms with van der Waals surface area (Å²) in [5.41, 5.74) is 1.41. The van der Waals surface area contributed by atoms with Gasteiger partial charge in [-0.1, -0.05) is 120 Å². The molecule has 2 unspecified atom stereocenters. The summed E-state index contributed by atoms with van der Waals surface area (Å²) in [6, 6.07) is 15.2. The number of rotatable bonds is 14. The molecule has 1 aliphatic rings. The lowest BCUT2D eigenvalue weighted by molar-refractivity contribution is -0.125. The van der Waals surface area contributed by atoms with Crippen LogP contribution in [0.1, 0.15) is 109 Å². The van der Waals surface area contributed by atoms with E-state index in [1.165, 1.54) is 87.0 Å². The van der Waals surface area contributed by atoms with Crippen LogP contribution in [0.15, 0.2) is 42.5 Å². The molecule has 2 aromatic rings. The van der Waals surface area contributed by atoms with E-state index in [9.17, 15) is 4.79 Å². The Morgan fingerprint density at radius 2 is 1.45 bits per heavy atom. The van der Waals surface area contributed by atoms with Crippen molar-refractivity contribution in [2.24, 2.45) is 11.8 Å². The second-order valence-electron chi connectivity index (χ2n) is 9.95. The van der Waals surface area contributed by atoms with Crippen molar-refractivity contribution in [1.82, 2.24) is 0 Å². The van der Waals surface area contributed by atoms with E-state index in [1.807, 2.05) is 0 Å². The molecule has 2 atom stereocenters. The van der Waals surface area contributed by atoms with Crippen LogP contribution in [0.4, 0.5) is 0 Å². The van der Waals surface area contributed by atoms with Gasteiger partial charge in [-0.05, 0) is 47.9 Å². The number of fused-ring (bicyclic) bond motifs is 1. The first-order chi connectivity index (χ1) is 15.3. The molecule has 2 aromatic carbocycles. The van der Waals surface area contributed by atoms with Crippen LogP contribution >= 0.6 is 0 Å². The lowest BCUT2D eigenvalue weighted by Gasteiger charge is -2.28. The van der Waals surface area contributed by atoms with Gasteiger partial charge in [0.1, 0.15) is 5.78 Å². The van der Waals surface area contributed by atoms with E-state index in [0.717, 1.165) is 38.0 Å². The fraction of sp³-hybridized carbons (Fsp3) is 0.633. The summed E-state index contributed by atoms with van der Waals surface area (Å²) in [5, 5.41) is 2.67. The number of hydrogen-bond donors (Lipinski definition) is 0. The van der Waals surface area contributed by atoms with E-state index < -0.39 is 0 Å². The molecule has 0 radical (unpaired) electrons. The molecule has 0 bridgehead atoms. The molecule has 0 heterocycles. The number of unbranched alkanes of at least 4 members (excludes halogenated alkanes) is 9. The van der Waals surface area contributed by atoms with Gasteiger partial charge in [-0.25, -0.2) is 0 Å². The molecule has 1 heteroatoms. The van der Waals surface area contributed by atoms with Gasteiger partial charge in [-0.2, -0.15) is 0 Å². The predicted octanol–water partition coefficient (Wildman–Crippen LogP) is 9.07. The summed E-state index contributed by atoms with van der Waals surface area (Å²) in [5.74, 6) is 1.60. The first-order valence-corrected chi connectivity index (χ1v) is 13.3. The van der Waals surface area contributed by atoms with Gasteiger partial charge in [0.2, 0.25) is 0 Å². The van der Waals surface area contributed by atoms with Gasteiger partial charge < -0.3 is 0 Å². The molecule has 31 heavy (non-hydrogen) atoms. The third-order valence-corrected chi connectivity index (χ3v) is 7.48. The first kappa shape index (κ1) is 24.0. The summed E-state index contributed by atoms with van der Waals surface area (Å²) in [6.07, 6.45) is 20.6. The Morgan fingerprint density at radius 1 is 0.774 bits per heavy atom. The van der Waals surface area contributed by atoms with Crippen molar-refractivity contribution in [2.75, 3.05) is 0 Å². The monoisotopic (exact) mass is 420 g/mol. The Labute approximate surface area is 191 Å². The van der Waals surface area contributed by atoms with Gasteiger partial charge in [0.05, 0.1) is 0 Å². The molecule has 0 aromatic heterocycles. The maximum atomic E-state index is 12.6. The van der Waals surface area contributed by atoms with Crippen molar-refractivity contribution in [1.29, 1.82) is 0 Å². The summed E-state index contributed by atoms with van der Waals surface area (Å²) in [6.45, 7) is 2.29. The van der Waals surface area contributed by atoms with Crippen molar-refractivity contribution >= 4 is 16.6 Å². The molecule has 0 spiro atoms. The normalized spacial score (nSPS) is 19.2. The highest BCUT2D eigenvalue weighted by molar-refractivity contribution is 5.86. The Morgan fingerprint density at radius 3 is 2.23 bits per heavy atom. The number of carbonyl (C=O) groups is 1. The minimum Gasteiger partial charge on any atom is -0.299 e. The second kappa shape index (κ2) is 13.7. The van der Waals surface area contributed by atoms with Crippen LogP contribution < -0.4 is 0 Å². The van der Waals surface area contributed by atoms with Crippen molar-refractivity contribution in [3.05, 3.63) is 48.0 Å². The van der Waals surface area contributed by atoms with E-state index >= 15 is 0 Å². The van der Waals surface area contributed by atoms with Crippen molar-refractivity contribution in [2.45, 2.75) is 110 Å². The quantitative estimate of drug-likeness (QED) is 0.278. The van der Waals surface area contributed by atoms with Gasteiger partial charge in [0, 0.05) is 12.3 Å². The molecular formula is C30H44O. The van der Waals surface area contributed by atoms with E-state index in [-0.39, 0.29) is 0 Å². The average molecular weight is 421 g/mol. The van der Waals surface area contributed by atoms with Gasteiger partial charge in [0.15, 0.2) is 0 Å². The topological polar surface area (TPSA) is 17.1 Å². The fourth-order valence-corrected chi connectivity index (χ4v) is 5.50. The van der Waals surface area contributed by atoms with Gasteiger partial charge in [-0.15, -0.1) is 0 Å². The van der Waals surface area contributed by atoms with E-state index in [2.05, 4.69) is 49.4 Å². The highest BCUT2D eigenvalue weighted by atomic mass is 16.1. The minimum atomic E-state index is 0.292. The molecule has 1 nitrogen and oxygen atoms in total. The molecule has 0 N–H and O–H groups in total. The molecule has 1 fully saturated rings. The van der Waals surface area contributed by atoms with E-state index in [1.54, 1.807) is 0 Å². The number of Topliss-reactive ketones (excluding diaryl/α,β-unsaturated/α-hetero) is 1. The predicted molar refractivity (Wildman–Crippen MR) is 135 cm³/mol. The summed E-state index contributed by atoms with van der Waals surface area (Å²) in [7, 11) is 0. The van der Waals surface area contributed by atoms with Crippen molar-refractivity contribution < 1.29 is 4.79 Å². The van der Waals surface area contributed by atoms with E-state index in [4.69, 9.17) is 0 Å². The lowest BCUT2D eigenvalue weighted by Crippen LogP contribution is -2.25. The van der Waals surface area contributed by atoms with Crippen LogP contribution in [0.2, 0.25) is 0 Å². The van der Waals surface area contributed by atoms with Crippen molar-refractivity contribution in [3.63, 3.8) is 0 Å². The SMILES string of the molecule is CCCCCCCCCCCCC1CCC(=O)C(CCc2cccc3ccccc23)C1. The zero-order valence-corrected chi connectivity index (χ0v) is 19.9. The van der Waals surface area contributed by atoms with E-state index in [0.29, 0.717) is 11.7 Å². The zero-order chi connectivity index (χ0) is 21.7. The summed E-state index contributed by atoms with van der Waals surface area (Å²) >= 11 is 0. The van der Waals surface area contributed by atoms with Gasteiger partial charge in [0.25, 0.3) is 0 Å². The maximum Gasteiger partial charge on any atom is 0.136 e. The molecule has 0 aliphatic heterocycles. The molecule has 1 aliphatic carbocycles. The van der Waals surface area contributed by atoms with Crippen LogP contribution in [0.5, 0.6) is 0 Å². The summed E-state index contributed by atoms with van der Waals surface area (Å²) < 4.78 is 0. The van der Waals surface area contributed by atoms with Crippen LogP contribution in [-0.4, -0.2) is 5.78 Å². The van der Waals surface area contributed by atoms with Crippen LogP contribution in [0, 0.1) is 11.8 Å². The number of ketones is 1. The summed E-state index contributed by atoms with van der Waals surface area (Å²) in [4.78, 5) is 12.6.